The quantitative estimate of drug-likeness (QED) is 0.657. The summed E-state index contributed by atoms with van der Waals surface area (Å²) in [5.74, 6) is 2.31. The van der Waals surface area contributed by atoms with Crippen molar-refractivity contribution in [2.24, 2.45) is 5.92 Å². The van der Waals surface area contributed by atoms with E-state index in [1.165, 1.54) is 12.8 Å². The Morgan fingerprint density at radius 1 is 1.42 bits per heavy atom. The molecule has 0 radical (unpaired) electrons. The molecule has 0 spiro atoms. The molecule has 5 heteroatoms. The lowest BCUT2D eigenvalue weighted by atomic mass is 10.1. The first-order valence-electron chi connectivity index (χ1n) is 7.46. The highest BCUT2D eigenvalue weighted by molar-refractivity contribution is 4.95. The van der Waals surface area contributed by atoms with Crippen molar-refractivity contribution >= 4 is 0 Å². The van der Waals surface area contributed by atoms with Crippen LogP contribution in [0.4, 0.5) is 0 Å². The van der Waals surface area contributed by atoms with Crippen molar-refractivity contribution in [2.45, 2.75) is 52.0 Å². The number of nitrogens with zero attached hydrogens (tertiary/aromatic N) is 2. The smallest absolute Gasteiger partial charge is 0.228 e. The molecule has 0 aliphatic heterocycles. The monoisotopic (exact) mass is 267 g/mol. The Hall–Kier alpha value is -0.940. The van der Waals surface area contributed by atoms with Crippen LogP contribution in [0.1, 0.15) is 44.8 Å². The van der Waals surface area contributed by atoms with E-state index in [-0.39, 0.29) is 0 Å². The maximum Gasteiger partial charge on any atom is 0.228 e. The second-order valence-electron chi connectivity index (χ2n) is 5.15. The molecule has 5 nitrogen and oxygen atoms in total. The zero-order chi connectivity index (χ0) is 13.5. The van der Waals surface area contributed by atoms with E-state index >= 15 is 0 Å². The van der Waals surface area contributed by atoms with Gasteiger partial charge in [0.2, 0.25) is 5.89 Å². The van der Waals surface area contributed by atoms with Crippen molar-refractivity contribution < 1.29 is 9.26 Å². The summed E-state index contributed by atoms with van der Waals surface area (Å²) < 4.78 is 10.6. The maximum absolute atomic E-state index is 5.33. The van der Waals surface area contributed by atoms with Gasteiger partial charge in [-0.25, -0.2) is 0 Å². The summed E-state index contributed by atoms with van der Waals surface area (Å²) in [4.78, 5) is 4.44. The molecule has 1 fully saturated rings. The summed E-state index contributed by atoms with van der Waals surface area (Å²) in [5.41, 5.74) is 0. The lowest BCUT2D eigenvalue weighted by Crippen LogP contribution is -2.33. The van der Waals surface area contributed by atoms with E-state index in [2.05, 4.69) is 22.4 Å². The summed E-state index contributed by atoms with van der Waals surface area (Å²) in [7, 11) is 0. The minimum Gasteiger partial charge on any atom is -0.381 e. The molecule has 0 amide bonds. The van der Waals surface area contributed by atoms with E-state index in [0.717, 1.165) is 50.0 Å². The lowest BCUT2D eigenvalue weighted by molar-refractivity contribution is 0.149. The van der Waals surface area contributed by atoms with Gasteiger partial charge in [0, 0.05) is 25.5 Å². The topological polar surface area (TPSA) is 60.2 Å². The predicted octanol–water partition coefficient (Wildman–Crippen LogP) is 1.97. The fourth-order valence-electron chi connectivity index (χ4n) is 2.20. The maximum atomic E-state index is 5.33. The molecule has 1 atom stereocenters. The number of hydrogen-bond acceptors (Lipinski definition) is 5. The zero-order valence-corrected chi connectivity index (χ0v) is 12.0. The highest BCUT2D eigenvalue weighted by Crippen LogP contribution is 2.33. The van der Waals surface area contributed by atoms with Crippen LogP contribution < -0.4 is 5.32 Å². The van der Waals surface area contributed by atoms with Gasteiger partial charge in [-0.3, -0.25) is 0 Å². The molecular formula is C14H25N3O2. The van der Waals surface area contributed by atoms with Crippen LogP contribution in [-0.4, -0.2) is 35.9 Å². The fraction of sp³-hybridized carbons (Fsp3) is 0.857. The van der Waals surface area contributed by atoms with Gasteiger partial charge < -0.3 is 14.6 Å². The fourth-order valence-corrected chi connectivity index (χ4v) is 2.20. The molecule has 1 saturated carbocycles. The minimum absolute atomic E-state index is 0.500. The largest absolute Gasteiger partial charge is 0.381 e. The summed E-state index contributed by atoms with van der Waals surface area (Å²) in [5, 5.41) is 7.60. The van der Waals surface area contributed by atoms with Crippen molar-refractivity contribution in [1.82, 2.24) is 15.5 Å². The van der Waals surface area contributed by atoms with E-state index in [9.17, 15) is 0 Å². The number of hydrogen-bond donors (Lipinski definition) is 1. The van der Waals surface area contributed by atoms with Crippen LogP contribution in [0.5, 0.6) is 0 Å². The van der Waals surface area contributed by atoms with E-state index in [4.69, 9.17) is 9.26 Å². The predicted molar refractivity (Wildman–Crippen MR) is 73.0 cm³/mol. The molecule has 1 aliphatic rings. The Morgan fingerprint density at radius 3 is 2.95 bits per heavy atom. The van der Waals surface area contributed by atoms with E-state index in [1.807, 2.05) is 6.92 Å². The van der Waals surface area contributed by atoms with Gasteiger partial charge >= 0.3 is 0 Å². The molecule has 19 heavy (non-hydrogen) atoms. The number of ether oxygens (including phenoxy) is 1. The van der Waals surface area contributed by atoms with Crippen LogP contribution in [0, 0.1) is 5.92 Å². The molecule has 1 unspecified atom stereocenters. The van der Waals surface area contributed by atoms with Crippen molar-refractivity contribution in [3.8, 4) is 0 Å². The van der Waals surface area contributed by atoms with E-state index in [1.54, 1.807) is 0 Å². The summed E-state index contributed by atoms with van der Waals surface area (Å²) in [6, 6.07) is 0.500. The number of rotatable bonds is 10. The van der Waals surface area contributed by atoms with Crippen molar-refractivity contribution in [2.75, 3.05) is 19.8 Å². The highest BCUT2D eigenvalue weighted by Gasteiger charge is 2.32. The van der Waals surface area contributed by atoms with Crippen LogP contribution in [-0.2, 0) is 17.6 Å². The summed E-state index contributed by atoms with van der Waals surface area (Å²) in [6.07, 6.45) is 5.40. The van der Waals surface area contributed by atoms with Gasteiger partial charge in [0.1, 0.15) is 0 Å². The molecule has 0 bridgehead atoms. The van der Waals surface area contributed by atoms with Crippen LogP contribution in [0.3, 0.4) is 0 Å². The summed E-state index contributed by atoms with van der Waals surface area (Å²) >= 11 is 0. The second kappa shape index (κ2) is 7.60. The molecule has 1 aliphatic carbocycles. The van der Waals surface area contributed by atoms with Crippen LogP contribution >= 0.6 is 0 Å². The molecule has 0 saturated heterocycles. The minimum atomic E-state index is 0.500. The average molecular weight is 267 g/mol. The highest BCUT2D eigenvalue weighted by atomic mass is 16.5. The molecule has 108 valence electrons. The molecule has 0 aromatic carbocycles. The van der Waals surface area contributed by atoms with E-state index in [0.29, 0.717) is 12.6 Å². The van der Waals surface area contributed by atoms with Crippen molar-refractivity contribution in [1.29, 1.82) is 0 Å². The molecule has 1 aromatic heterocycles. The standard InChI is InChI=1S/C14H25N3O2/c1-3-8-15-12(11-5-6-11)10-14-16-13(17-19-14)7-9-18-4-2/h11-12,15H,3-10H2,1-2H3. The first-order valence-corrected chi connectivity index (χ1v) is 7.46. The van der Waals surface area contributed by atoms with Crippen LogP contribution in [0.15, 0.2) is 4.52 Å². The van der Waals surface area contributed by atoms with Gasteiger partial charge in [0.25, 0.3) is 0 Å². The van der Waals surface area contributed by atoms with Crippen molar-refractivity contribution in [3.63, 3.8) is 0 Å². The second-order valence-corrected chi connectivity index (χ2v) is 5.15. The third kappa shape index (κ3) is 4.91. The van der Waals surface area contributed by atoms with Gasteiger partial charge in [-0.2, -0.15) is 4.98 Å². The number of nitrogens with one attached hydrogen (secondary N) is 1. The SMILES string of the molecule is CCCNC(Cc1nc(CCOCC)no1)C1CC1. The lowest BCUT2D eigenvalue weighted by Gasteiger charge is -2.15. The molecule has 1 N–H and O–H groups in total. The van der Waals surface area contributed by atoms with Gasteiger partial charge in [0.15, 0.2) is 5.82 Å². The van der Waals surface area contributed by atoms with Crippen molar-refractivity contribution in [3.05, 3.63) is 11.7 Å². The molecular weight excluding hydrogens is 242 g/mol. The Morgan fingerprint density at radius 2 is 2.26 bits per heavy atom. The Kier molecular flexibility index (Phi) is 5.79. The van der Waals surface area contributed by atoms with Gasteiger partial charge in [0.05, 0.1) is 6.61 Å². The van der Waals surface area contributed by atoms with E-state index < -0.39 is 0 Å². The van der Waals surface area contributed by atoms with Crippen LogP contribution in [0.25, 0.3) is 0 Å². The third-order valence-corrected chi connectivity index (χ3v) is 3.43. The van der Waals surface area contributed by atoms with Gasteiger partial charge in [-0.05, 0) is 38.6 Å². The Bertz CT molecular complexity index is 363. The zero-order valence-electron chi connectivity index (χ0n) is 12.0. The first-order chi connectivity index (χ1) is 9.33. The molecule has 2 rings (SSSR count). The van der Waals surface area contributed by atoms with Crippen LogP contribution in [0.2, 0.25) is 0 Å². The summed E-state index contributed by atoms with van der Waals surface area (Å²) in [6.45, 7) is 6.63. The average Bonchev–Trinajstić information content (AvgIpc) is 3.17. The Labute approximate surface area is 115 Å². The third-order valence-electron chi connectivity index (χ3n) is 3.43. The van der Waals surface area contributed by atoms with Gasteiger partial charge in [-0.15, -0.1) is 0 Å². The first kappa shape index (κ1) is 14.5. The normalized spacial score (nSPS) is 16.7. The molecule has 1 heterocycles. The molecule has 1 aromatic rings. The van der Waals surface area contributed by atoms with Gasteiger partial charge in [-0.1, -0.05) is 12.1 Å². The number of aromatic nitrogens is 2. The Balaban J connectivity index is 1.79.